The molecule has 0 spiro atoms. The number of hydrogen-bond donors (Lipinski definition) is 0. The van der Waals surface area contributed by atoms with Gasteiger partial charge in [0.2, 0.25) is 6.71 Å². The van der Waals surface area contributed by atoms with Crippen molar-refractivity contribution in [2.24, 2.45) is 0 Å². The molecule has 0 N–H and O–H groups in total. The quantitative estimate of drug-likeness (QED) is 0.0959. The molecule has 0 fully saturated rings. The van der Waals surface area contributed by atoms with Crippen molar-refractivity contribution in [2.45, 2.75) is 79.1 Å². The SMILES string of the molecule is CC(C)c1cccc(C(C)C)c1B1[C-]=[N+](c2c(C(C)C)cccc2C(C)C)C=C1.[Au].c1ccc2c(c1)nc1[n-]c3ccccc3n12. The van der Waals surface area contributed by atoms with Crippen LogP contribution in [-0.2, 0) is 22.4 Å². The van der Waals surface area contributed by atoms with Gasteiger partial charge in [-0.15, -0.1) is 5.98 Å². The van der Waals surface area contributed by atoms with Gasteiger partial charge in [0, 0.05) is 50.2 Å². The number of rotatable bonds is 6. The van der Waals surface area contributed by atoms with E-state index in [0.29, 0.717) is 23.7 Å². The summed E-state index contributed by atoms with van der Waals surface area (Å²) < 4.78 is 4.38. The third-order valence-electron chi connectivity index (χ3n) is 8.90. The van der Waals surface area contributed by atoms with Gasteiger partial charge < -0.3 is 18.9 Å². The van der Waals surface area contributed by atoms with Crippen LogP contribution in [0.5, 0.6) is 0 Å². The molecule has 6 aromatic rings. The van der Waals surface area contributed by atoms with Crippen molar-refractivity contribution >= 4 is 51.8 Å². The molecule has 6 heteroatoms. The maximum absolute atomic E-state index is 4.50. The Morgan fingerprint density at radius 1 is 0.652 bits per heavy atom. The number of nitrogens with zero attached hydrogens (tertiary/aromatic N) is 4. The van der Waals surface area contributed by atoms with Crippen LogP contribution in [0.4, 0.5) is 5.69 Å². The van der Waals surface area contributed by atoms with E-state index in [4.69, 9.17) is 0 Å². The van der Waals surface area contributed by atoms with Crippen LogP contribution in [0.3, 0.4) is 0 Å². The van der Waals surface area contributed by atoms with Gasteiger partial charge in [0.25, 0.3) is 0 Å². The second-order valence-corrected chi connectivity index (χ2v) is 13.4. The molecule has 2 aromatic heterocycles. The Labute approximate surface area is 290 Å². The van der Waals surface area contributed by atoms with Crippen LogP contribution in [-0.4, -0.2) is 26.8 Å². The first-order valence-corrected chi connectivity index (χ1v) is 16.4. The Bertz CT molecular complexity index is 1930. The molecule has 239 valence electrons. The topological polar surface area (TPSA) is 34.4 Å². The Morgan fingerprint density at radius 3 is 1.76 bits per heavy atom. The van der Waals surface area contributed by atoms with E-state index in [1.54, 1.807) is 0 Å². The molecule has 1 aliphatic heterocycles. The van der Waals surface area contributed by atoms with Crippen LogP contribution >= 0.6 is 0 Å². The third-order valence-corrected chi connectivity index (χ3v) is 8.90. The first-order valence-electron chi connectivity index (χ1n) is 16.4. The van der Waals surface area contributed by atoms with Crippen molar-refractivity contribution in [3.63, 3.8) is 0 Å². The zero-order chi connectivity index (χ0) is 31.8. The molecule has 7 rings (SSSR count). The van der Waals surface area contributed by atoms with Crippen molar-refractivity contribution < 1.29 is 27.0 Å². The normalized spacial score (nSPS) is 13.0. The second kappa shape index (κ2) is 14.0. The number of benzene rings is 4. The molecule has 3 heterocycles. The van der Waals surface area contributed by atoms with Gasteiger partial charge in [-0.1, -0.05) is 157 Å². The average molecular weight is 789 g/mol. The van der Waals surface area contributed by atoms with Crippen LogP contribution in [0.25, 0.3) is 27.8 Å². The molecule has 0 saturated carbocycles. The molecule has 0 saturated heterocycles. The largest absolute Gasteiger partial charge is 0.366 e. The zero-order valence-corrected chi connectivity index (χ0v) is 30.4. The minimum Gasteiger partial charge on any atom is -0.366 e. The molecule has 0 aliphatic carbocycles. The predicted octanol–water partition coefficient (Wildman–Crippen LogP) is 9.38. The molecule has 1 aliphatic rings. The fraction of sp³-hybridized carbons (Fsp3) is 0.300. The van der Waals surface area contributed by atoms with E-state index in [-0.39, 0.29) is 29.1 Å². The zero-order valence-electron chi connectivity index (χ0n) is 28.2. The second-order valence-electron chi connectivity index (χ2n) is 13.4. The number of fused-ring (bicyclic) bond motifs is 5. The molecule has 4 nitrogen and oxygen atoms in total. The van der Waals surface area contributed by atoms with Crippen LogP contribution in [0.1, 0.15) is 101 Å². The first-order chi connectivity index (χ1) is 21.7. The summed E-state index contributed by atoms with van der Waals surface area (Å²) in [6.07, 6.45) is 6.06. The summed E-state index contributed by atoms with van der Waals surface area (Å²) in [4.78, 5) is 9.01. The molecule has 1 radical (unpaired) electrons. The van der Waals surface area contributed by atoms with Gasteiger partial charge in [-0.3, -0.25) is 0 Å². The summed E-state index contributed by atoms with van der Waals surface area (Å²) in [7, 11) is 0. The van der Waals surface area contributed by atoms with Crippen molar-refractivity contribution in [3.8, 4) is 0 Å². The van der Waals surface area contributed by atoms with Gasteiger partial charge in [-0.25, -0.2) is 0 Å². The number of imidazole rings is 2. The van der Waals surface area contributed by atoms with E-state index in [1.807, 2.05) is 36.4 Å². The average Bonchev–Trinajstić information content (AvgIpc) is 3.74. The monoisotopic (exact) mass is 788 g/mol. The Kier molecular flexibility index (Phi) is 10.3. The van der Waals surface area contributed by atoms with E-state index < -0.39 is 0 Å². The van der Waals surface area contributed by atoms with Gasteiger partial charge in [0.05, 0.1) is 12.3 Å². The molecule has 46 heavy (non-hydrogen) atoms. The van der Waals surface area contributed by atoms with Gasteiger partial charge in [-0.2, -0.15) is 0 Å². The first kappa shape index (κ1) is 33.7. The summed E-state index contributed by atoms with van der Waals surface area (Å²) in [6, 6.07) is 29.8. The third kappa shape index (κ3) is 6.34. The summed E-state index contributed by atoms with van der Waals surface area (Å²) in [5.74, 6) is 5.07. The number of hydrogen-bond acceptors (Lipinski definition) is 1. The maximum atomic E-state index is 4.50. The fourth-order valence-corrected chi connectivity index (χ4v) is 6.65. The van der Waals surface area contributed by atoms with Gasteiger partial charge >= 0.3 is 0 Å². The molecular weight excluding hydrogens is 744 g/mol. The molecule has 4 aromatic carbocycles. The Balaban J connectivity index is 0.000000205. The minimum absolute atomic E-state index is 0. The minimum atomic E-state index is 0. The van der Waals surface area contributed by atoms with E-state index in [9.17, 15) is 0 Å². The fourth-order valence-electron chi connectivity index (χ4n) is 6.65. The summed E-state index contributed by atoms with van der Waals surface area (Å²) in [6.45, 7) is 18.5. The van der Waals surface area contributed by atoms with Gasteiger partial charge in [0.1, 0.15) is 5.69 Å². The predicted molar refractivity (Wildman–Crippen MR) is 192 cm³/mol. The van der Waals surface area contributed by atoms with Crippen molar-refractivity contribution in [2.75, 3.05) is 0 Å². The van der Waals surface area contributed by atoms with Gasteiger partial charge in [0.15, 0.2) is 0 Å². The molecule has 0 atom stereocenters. The molecular formula is C40H44AuBN4-. The Morgan fingerprint density at radius 2 is 1.17 bits per heavy atom. The molecule has 0 unspecified atom stereocenters. The maximum Gasteiger partial charge on any atom is 0.230 e. The standard InChI is InChI=1S/C27H36BN.C13H8N3.Au/c1-18(2)22-11-9-12-23(19(3)4)26(22)28-15-16-29(17-28)27-24(20(5)6)13-10-14-25(27)21(7)8;1-3-7-11-9(5-1)14-13-15-10-6-2-4-8-12(10)16(11)13;/h9-16,18-21H,1-8H3;1-8H;/q;-1;. The van der Waals surface area contributed by atoms with Crippen molar-refractivity contribution in [1.29, 1.82) is 0 Å². The number of aromatic nitrogens is 3. The van der Waals surface area contributed by atoms with Crippen LogP contribution in [0, 0.1) is 0 Å². The molecule has 0 amide bonds. The van der Waals surface area contributed by atoms with E-state index in [2.05, 4.69) is 141 Å². The summed E-state index contributed by atoms with van der Waals surface area (Å²) in [5, 5.41) is 0. The number of para-hydroxylation sites is 5. The summed E-state index contributed by atoms with van der Waals surface area (Å²) >= 11 is 0. The van der Waals surface area contributed by atoms with E-state index in [0.717, 1.165) is 27.8 Å². The van der Waals surface area contributed by atoms with Crippen molar-refractivity contribution in [1.82, 2.24) is 14.4 Å². The van der Waals surface area contributed by atoms with Gasteiger partial charge in [-0.05, 0) is 34.8 Å². The molecule has 0 bridgehead atoms. The summed E-state index contributed by atoms with van der Waals surface area (Å²) in [5.41, 5.74) is 12.7. The van der Waals surface area contributed by atoms with E-state index >= 15 is 0 Å². The van der Waals surface area contributed by atoms with Crippen LogP contribution in [0.15, 0.2) is 97.1 Å². The van der Waals surface area contributed by atoms with Crippen LogP contribution < -0.4 is 10.4 Å². The smallest absolute Gasteiger partial charge is 0.230 e. The van der Waals surface area contributed by atoms with Crippen LogP contribution in [0.2, 0.25) is 0 Å². The van der Waals surface area contributed by atoms with E-state index in [1.165, 1.54) is 33.4 Å². The van der Waals surface area contributed by atoms with Crippen molar-refractivity contribution in [3.05, 3.63) is 119 Å². The Hall–Kier alpha value is -3.63.